The van der Waals surface area contributed by atoms with Crippen molar-refractivity contribution >= 4 is 29.4 Å². The highest BCUT2D eigenvalue weighted by atomic mass is 35.5. The van der Waals surface area contributed by atoms with Gasteiger partial charge in [-0.3, -0.25) is 9.78 Å². The van der Waals surface area contributed by atoms with Crippen molar-refractivity contribution < 1.29 is 19.0 Å². The second-order valence-electron chi connectivity index (χ2n) is 6.10. The van der Waals surface area contributed by atoms with Crippen molar-refractivity contribution in [3.8, 4) is 0 Å². The lowest BCUT2D eigenvalue weighted by Gasteiger charge is -2.33. The second kappa shape index (κ2) is 6.68. The lowest BCUT2D eigenvalue weighted by atomic mass is 10.3. The molecule has 4 rings (SSSR count). The van der Waals surface area contributed by atoms with Crippen molar-refractivity contribution in [1.29, 1.82) is 0 Å². The highest BCUT2D eigenvalue weighted by Gasteiger charge is 2.44. The number of quaternary nitrogens is 1. The largest absolute Gasteiger partial charge is 0.623 e. The summed E-state index contributed by atoms with van der Waals surface area (Å²) in [4.78, 5) is 39.9. The Balaban J connectivity index is 1.66. The highest BCUT2D eigenvalue weighted by molar-refractivity contribution is 6.30. The molecule has 2 aliphatic rings. The molecular weight excluding hydrogens is 388 g/mol. The van der Waals surface area contributed by atoms with E-state index in [0.717, 1.165) is 4.90 Å². The maximum atomic E-state index is 12.8. The van der Waals surface area contributed by atoms with E-state index >= 15 is 0 Å². The number of nitrogens with zero attached hydrogens (tertiary/aromatic N) is 6. The van der Waals surface area contributed by atoms with Gasteiger partial charge >= 0.3 is 6.09 Å². The molecule has 0 aromatic carbocycles. The van der Waals surface area contributed by atoms with Crippen LogP contribution >= 0.6 is 11.6 Å². The smallest absolute Gasteiger partial charge is 0.420 e. The number of aromatic nitrogens is 3. The summed E-state index contributed by atoms with van der Waals surface area (Å²) < 4.78 is 4.76. The van der Waals surface area contributed by atoms with Gasteiger partial charge in [-0.05, 0) is 12.1 Å². The zero-order valence-corrected chi connectivity index (χ0v) is 15.2. The zero-order valence-electron chi connectivity index (χ0n) is 14.5. The Morgan fingerprint density at radius 3 is 2.61 bits per heavy atom. The van der Waals surface area contributed by atoms with Crippen LogP contribution in [-0.4, -0.2) is 43.5 Å². The molecule has 0 N–H and O–H groups in total. The first-order valence-electron chi connectivity index (χ1n) is 8.06. The maximum Gasteiger partial charge on any atom is 0.420 e. The molecular formula is C17H13ClN6O4. The lowest BCUT2D eigenvalue weighted by Crippen LogP contribution is -2.36. The number of hydrogen-bond donors (Lipinski definition) is 0. The van der Waals surface area contributed by atoms with E-state index in [1.165, 1.54) is 61.4 Å². The fourth-order valence-corrected chi connectivity index (χ4v) is 2.78. The predicted octanol–water partition coefficient (Wildman–Crippen LogP) is 2.52. The monoisotopic (exact) mass is 400 g/mol. The van der Waals surface area contributed by atoms with Crippen LogP contribution in [-0.2, 0) is 4.74 Å². The Morgan fingerprint density at radius 1 is 1.21 bits per heavy atom. The molecule has 0 radical (unpaired) electrons. The summed E-state index contributed by atoms with van der Waals surface area (Å²) in [6.07, 6.45) is 7.25. The Morgan fingerprint density at radius 2 is 1.93 bits per heavy atom. The maximum absolute atomic E-state index is 12.8. The van der Waals surface area contributed by atoms with Crippen molar-refractivity contribution in [2.45, 2.75) is 6.23 Å². The quantitative estimate of drug-likeness (QED) is 0.562. The van der Waals surface area contributed by atoms with Crippen molar-refractivity contribution in [3.05, 3.63) is 77.1 Å². The number of anilines is 1. The number of amides is 2. The van der Waals surface area contributed by atoms with Gasteiger partial charge < -0.3 is 14.6 Å². The van der Waals surface area contributed by atoms with E-state index in [1.807, 2.05) is 0 Å². The van der Waals surface area contributed by atoms with E-state index in [2.05, 4.69) is 15.0 Å². The Hall–Kier alpha value is -3.34. The molecule has 1 atom stereocenters. The van der Waals surface area contributed by atoms with Gasteiger partial charge in [-0.1, -0.05) is 11.6 Å². The molecule has 142 valence electrons. The Labute approximate surface area is 164 Å². The molecule has 0 fully saturated rings. The van der Waals surface area contributed by atoms with Crippen LogP contribution in [0.15, 0.2) is 55.5 Å². The standard InChI is InChI=1S/C17H13ClN6O4/c1-24(27)8-6-22(7-9-24)17(26)28-16-14-13(19-4-5-20-14)15(25)23(16)12-3-2-11(18)10-21-12/h2-10,16H,1H3/t16-/m1/s1. The minimum atomic E-state index is -1.17. The summed E-state index contributed by atoms with van der Waals surface area (Å²) >= 11 is 5.86. The van der Waals surface area contributed by atoms with E-state index in [1.54, 1.807) is 6.07 Å². The molecule has 4 heterocycles. The number of fused-ring (bicyclic) bond motifs is 1. The van der Waals surface area contributed by atoms with Crippen LogP contribution in [0.25, 0.3) is 0 Å². The molecule has 2 aromatic heterocycles. The average Bonchev–Trinajstić information content (AvgIpc) is 2.95. The SMILES string of the molecule is C[N+]1([O-])C=CN(C(=O)O[C@@H]2c3nccnc3C(=O)N2c2ccc(Cl)cn2)C=C1. The molecule has 11 heteroatoms. The fourth-order valence-electron chi connectivity index (χ4n) is 2.67. The van der Waals surface area contributed by atoms with Crippen LogP contribution in [0.3, 0.4) is 0 Å². The molecule has 2 aliphatic heterocycles. The molecule has 0 saturated heterocycles. The van der Waals surface area contributed by atoms with Gasteiger partial charge in [-0.15, -0.1) is 0 Å². The van der Waals surface area contributed by atoms with E-state index < -0.39 is 22.9 Å². The van der Waals surface area contributed by atoms with Gasteiger partial charge in [0.15, 0.2) is 5.69 Å². The first kappa shape index (κ1) is 18.0. The van der Waals surface area contributed by atoms with Crippen LogP contribution in [0.5, 0.6) is 0 Å². The third kappa shape index (κ3) is 3.20. The molecule has 0 unspecified atom stereocenters. The lowest BCUT2D eigenvalue weighted by molar-refractivity contribution is -0.752. The Bertz CT molecular complexity index is 991. The predicted molar refractivity (Wildman–Crippen MR) is 97.0 cm³/mol. The van der Waals surface area contributed by atoms with Gasteiger partial charge in [0.2, 0.25) is 6.23 Å². The second-order valence-corrected chi connectivity index (χ2v) is 6.53. The van der Waals surface area contributed by atoms with Crippen LogP contribution in [0.2, 0.25) is 5.02 Å². The molecule has 0 bridgehead atoms. The number of rotatable bonds is 2. The minimum absolute atomic E-state index is 0.0607. The van der Waals surface area contributed by atoms with Crippen molar-refractivity contribution in [2.24, 2.45) is 0 Å². The first-order chi connectivity index (χ1) is 13.4. The van der Waals surface area contributed by atoms with Gasteiger partial charge in [0.05, 0.1) is 24.5 Å². The normalized spacial score (nSPS) is 19.7. The number of carbonyl (C=O) groups excluding carboxylic acids is 2. The van der Waals surface area contributed by atoms with Gasteiger partial charge in [0, 0.05) is 18.6 Å². The molecule has 2 aromatic rings. The van der Waals surface area contributed by atoms with Crippen molar-refractivity contribution in [3.63, 3.8) is 0 Å². The van der Waals surface area contributed by atoms with Crippen LogP contribution in [0, 0.1) is 5.21 Å². The summed E-state index contributed by atoms with van der Waals surface area (Å²) in [7, 11) is 1.39. The van der Waals surface area contributed by atoms with Crippen LogP contribution in [0.1, 0.15) is 22.4 Å². The molecule has 0 saturated carbocycles. The van der Waals surface area contributed by atoms with E-state index in [-0.39, 0.29) is 17.2 Å². The van der Waals surface area contributed by atoms with Crippen LogP contribution < -0.4 is 4.90 Å². The van der Waals surface area contributed by atoms with E-state index in [9.17, 15) is 14.8 Å². The number of pyridine rings is 1. The van der Waals surface area contributed by atoms with Crippen LogP contribution in [0.4, 0.5) is 10.6 Å². The van der Waals surface area contributed by atoms with Gasteiger partial charge in [-0.25, -0.2) is 24.6 Å². The minimum Gasteiger partial charge on any atom is -0.623 e. The van der Waals surface area contributed by atoms with E-state index in [4.69, 9.17) is 16.3 Å². The third-order valence-electron chi connectivity index (χ3n) is 4.04. The molecule has 0 aliphatic carbocycles. The number of hydrogen-bond acceptors (Lipinski definition) is 7. The molecule has 10 nitrogen and oxygen atoms in total. The summed E-state index contributed by atoms with van der Waals surface area (Å²) in [6, 6.07) is 3.08. The fraction of sp³-hybridized carbons (Fsp3) is 0.118. The van der Waals surface area contributed by atoms with Gasteiger partial charge in [0.1, 0.15) is 23.9 Å². The van der Waals surface area contributed by atoms with Gasteiger partial charge in [-0.2, -0.15) is 0 Å². The van der Waals surface area contributed by atoms with Gasteiger partial charge in [0.25, 0.3) is 5.91 Å². The summed E-state index contributed by atoms with van der Waals surface area (Å²) in [5.74, 6) is -0.287. The topological polar surface area (TPSA) is 112 Å². The third-order valence-corrected chi connectivity index (χ3v) is 4.27. The Kier molecular flexibility index (Phi) is 4.30. The summed E-state index contributed by atoms with van der Waals surface area (Å²) in [5, 5.41) is 12.2. The highest BCUT2D eigenvalue weighted by Crippen LogP contribution is 2.36. The number of halogens is 1. The average molecular weight is 401 g/mol. The first-order valence-corrected chi connectivity index (χ1v) is 8.44. The molecule has 28 heavy (non-hydrogen) atoms. The number of ether oxygens (including phenoxy) is 1. The molecule has 0 spiro atoms. The van der Waals surface area contributed by atoms with Crippen molar-refractivity contribution in [2.75, 3.05) is 11.9 Å². The summed E-state index contributed by atoms with van der Waals surface area (Å²) in [6.45, 7) is 0. The summed E-state index contributed by atoms with van der Waals surface area (Å²) in [5.41, 5.74) is 0.248. The van der Waals surface area contributed by atoms with E-state index in [0.29, 0.717) is 5.02 Å². The number of hydroxylamine groups is 3. The zero-order chi connectivity index (χ0) is 19.9. The molecule has 2 amide bonds. The number of carbonyl (C=O) groups is 2. The van der Waals surface area contributed by atoms with Crippen molar-refractivity contribution in [1.82, 2.24) is 19.9 Å².